The molecule has 0 aliphatic heterocycles. The van der Waals surface area contributed by atoms with Crippen LogP contribution in [-0.4, -0.2) is 13.1 Å². The average Bonchev–Trinajstić information content (AvgIpc) is 2.78. The van der Waals surface area contributed by atoms with Crippen molar-refractivity contribution in [1.82, 2.24) is 5.32 Å². The van der Waals surface area contributed by atoms with E-state index in [0.717, 1.165) is 32.0 Å². The van der Waals surface area contributed by atoms with Crippen LogP contribution in [0.25, 0.3) is 0 Å². The van der Waals surface area contributed by atoms with Crippen molar-refractivity contribution in [1.29, 1.82) is 0 Å². The van der Waals surface area contributed by atoms with Crippen molar-refractivity contribution in [3.05, 3.63) is 47.5 Å². The molecular formula is C16H21F2N. The Kier molecular flexibility index (Phi) is 4.35. The Morgan fingerprint density at radius 3 is 2.47 bits per heavy atom. The van der Waals surface area contributed by atoms with E-state index >= 15 is 0 Å². The molecule has 0 heterocycles. The molecule has 2 rings (SSSR count). The third-order valence-electron chi connectivity index (χ3n) is 3.70. The molecule has 0 saturated heterocycles. The first-order chi connectivity index (χ1) is 9.03. The zero-order chi connectivity index (χ0) is 13.9. The highest BCUT2D eigenvalue weighted by Crippen LogP contribution is 2.38. The quantitative estimate of drug-likeness (QED) is 0.799. The molecule has 1 nitrogen and oxygen atoms in total. The van der Waals surface area contributed by atoms with Crippen LogP contribution in [0.5, 0.6) is 0 Å². The van der Waals surface area contributed by atoms with Gasteiger partial charge in [0.2, 0.25) is 0 Å². The summed E-state index contributed by atoms with van der Waals surface area (Å²) in [5, 5.41) is 3.41. The van der Waals surface area contributed by atoms with Gasteiger partial charge in [0.15, 0.2) is 0 Å². The summed E-state index contributed by atoms with van der Waals surface area (Å²) in [7, 11) is 0. The minimum Gasteiger partial charge on any atom is -0.316 e. The minimum atomic E-state index is -0.516. The molecule has 0 radical (unpaired) electrons. The van der Waals surface area contributed by atoms with E-state index in [4.69, 9.17) is 0 Å². The van der Waals surface area contributed by atoms with Gasteiger partial charge < -0.3 is 5.32 Å². The van der Waals surface area contributed by atoms with Gasteiger partial charge in [0.1, 0.15) is 11.6 Å². The van der Waals surface area contributed by atoms with Gasteiger partial charge in [0.25, 0.3) is 0 Å². The molecule has 1 N–H and O–H groups in total. The van der Waals surface area contributed by atoms with Crippen LogP contribution >= 0.6 is 0 Å². The zero-order valence-corrected chi connectivity index (χ0v) is 11.5. The summed E-state index contributed by atoms with van der Waals surface area (Å²) in [5.41, 5.74) is 0.363. The van der Waals surface area contributed by atoms with E-state index in [2.05, 4.69) is 31.3 Å². The van der Waals surface area contributed by atoms with Crippen LogP contribution in [0.3, 0.4) is 0 Å². The molecule has 0 bridgehead atoms. The Morgan fingerprint density at radius 2 is 1.89 bits per heavy atom. The molecule has 0 aromatic heterocycles. The lowest BCUT2D eigenvalue weighted by molar-refractivity contribution is 0.385. The first-order valence-electron chi connectivity index (χ1n) is 6.85. The summed E-state index contributed by atoms with van der Waals surface area (Å²) >= 11 is 0. The van der Waals surface area contributed by atoms with Crippen LogP contribution < -0.4 is 5.32 Å². The molecule has 0 unspecified atom stereocenters. The van der Waals surface area contributed by atoms with Crippen molar-refractivity contribution in [2.45, 2.75) is 32.1 Å². The summed E-state index contributed by atoms with van der Waals surface area (Å²) < 4.78 is 27.1. The summed E-state index contributed by atoms with van der Waals surface area (Å²) in [5.74, 6) is -0.392. The number of allylic oxidation sites excluding steroid dienone is 2. The maximum Gasteiger partial charge on any atom is 0.129 e. The monoisotopic (exact) mass is 265 g/mol. The van der Waals surface area contributed by atoms with Gasteiger partial charge in [-0.15, -0.1) is 0 Å². The predicted octanol–water partition coefficient (Wildman–Crippen LogP) is 3.80. The Morgan fingerprint density at radius 1 is 1.21 bits per heavy atom. The largest absolute Gasteiger partial charge is 0.316 e. The first-order valence-corrected chi connectivity index (χ1v) is 6.85. The van der Waals surface area contributed by atoms with Crippen molar-refractivity contribution in [2.24, 2.45) is 5.92 Å². The van der Waals surface area contributed by atoms with E-state index in [-0.39, 0.29) is 5.41 Å². The zero-order valence-electron chi connectivity index (χ0n) is 11.5. The van der Waals surface area contributed by atoms with Crippen LogP contribution in [0, 0.1) is 17.6 Å². The van der Waals surface area contributed by atoms with E-state index < -0.39 is 11.6 Å². The van der Waals surface area contributed by atoms with Crippen molar-refractivity contribution < 1.29 is 8.78 Å². The molecule has 1 aliphatic rings. The van der Waals surface area contributed by atoms with Gasteiger partial charge in [0.05, 0.1) is 0 Å². The van der Waals surface area contributed by atoms with Gasteiger partial charge in [-0.05, 0) is 36.9 Å². The van der Waals surface area contributed by atoms with E-state index in [1.807, 2.05) is 0 Å². The number of benzene rings is 1. The topological polar surface area (TPSA) is 12.0 Å². The van der Waals surface area contributed by atoms with E-state index in [9.17, 15) is 8.78 Å². The van der Waals surface area contributed by atoms with Gasteiger partial charge >= 0.3 is 0 Å². The third kappa shape index (κ3) is 3.21. The van der Waals surface area contributed by atoms with Crippen LogP contribution in [0.1, 0.15) is 32.3 Å². The Labute approximate surface area is 113 Å². The van der Waals surface area contributed by atoms with Crippen molar-refractivity contribution in [3.8, 4) is 0 Å². The molecule has 3 heteroatoms. The van der Waals surface area contributed by atoms with Crippen LogP contribution in [0.15, 0.2) is 30.4 Å². The molecule has 1 aromatic carbocycles. The highest BCUT2D eigenvalue weighted by atomic mass is 19.1. The van der Waals surface area contributed by atoms with Gasteiger partial charge in [0, 0.05) is 18.0 Å². The molecule has 0 atom stereocenters. The van der Waals surface area contributed by atoms with E-state index in [0.29, 0.717) is 11.5 Å². The maximum atomic E-state index is 14.0. The van der Waals surface area contributed by atoms with E-state index in [1.54, 1.807) is 6.07 Å². The number of hydrogen-bond donors (Lipinski definition) is 1. The fourth-order valence-corrected chi connectivity index (χ4v) is 2.68. The normalized spacial score (nSPS) is 17.3. The lowest BCUT2D eigenvalue weighted by Crippen LogP contribution is -2.38. The van der Waals surface area contributed by atoms with E-state index in [1.165, 1.54) is 6.07 Å². The SMILES string of the molecule is CC(C)CNCC1(c2ccc(F)cc2F)CC=CC1. The summed E-state index contributed by atoms with van der Waals surface area (Å²) in [4.78, 5) is 0. The molecule has 104 valence electrons. The van der Waals surface area contributed by atoms with Gasteiger partial charge in [-0.2, -0.15) is 0 Å². The molecule has 0 saturated carbocycles. The molecule has 0 spiro atoms. The van der Waals surface area contributed by atoms with Gasteiger partial charge in [-0.1, -0.05) is 32.1 Å². The van der Waals surface area contributed by atoms with Crippen LogP contribution in [-0.2, 0) is 5.41 Å². The van der Waals surface area contributed by atoms with Crippen LogP contribution in [0.4, 0.5) is 8.78 Å². The van der Waals surface area contributed by atoms with Crippen molar-refractivity contribution in [3.63, 3.8) is 0 Å². The molecule has 1 aliphatic carbocycles. The van der Waals surface area contributed by atoms with Gasteiger partial charge in [-0.3, -0.25) is 0 Å². The van der Waals surface area contributed by atoms with Crippen molar-refractivity contribution >= 4 is 0 Å². The fourth-order valence-electron chi connectivity index (χ4n) is 2.68. The Balaban J connectivity index is 2.19. The number of nitrogens with one attached hydrogen (secondary N) is 1. The predicted molar refractivity (Wildman–Crippen MR) is 74.1 cm³/mol. The maximum absolute atomic E-state index is 14.0. The second-order valence-electron chi connectivity index (χ2n) is 5.81. The molecule has 19 heavy (non-hydrogen) atoms. The molecular weight excluding hydrogens is 244 g/mol. The minimum absolute atomic E-state index is 0.257. The molecule has 0 amide bonds. The standard InChI is InChI=1S/C16H21F2N/c1-12(2)10-19-11-16(7-3-4-8-16)14-6-5-13(17)9-15(14)18/h3-6,9,12,19H,7-8,10-11H2,1-2H3. The summed E-state index contributed by atoms with van der Waals surface area (Å²) in [6.07, 6.45) is 5.78. The first kappa shape index (κ1) is 14.2. The summed E-state index contributed by atoms with van der Waals surface area (Å²) in [6, 6.07) is 3.92. The lowest BCUT2D eigenvalue weighted by Gasteiger charge is -2.31. The number of rotatable bonds is 5. The third-order valence-corrected chi connectivity index (χ3v) is 3.70. The Hall–Kier alpha value is -1.22. The second-order valence-corrected chi connectivity index (χ2v) is 5.81. The highest BCUT2D eigenvalue weighted by Gasteiger charge is 2.35. The average molecular weight is 265 g/mol. The molecule has 0 fully saturated rings. The Bertz CT molecular complexity index is 458. The number of halogens is 2. The number of hydrogen-bond acceptors (Lipinski definition) is 1. The van der Waals surface area contributed by atoms with Crippen LogP contribution in [0.2, 0.25) is 0 Å². The second kappa shape index (κ2) is 5.83. The molecule has 1 aromatic rings. The lowest BCUT2D eigenvalue weighted by atomic mass is 9.77. The van der Waals surface area contributed by atoms with Crippen molar-refractivity contribution in [2.75, 3.05) is 13.1 Å². The highest BCUT2D eigenvalue weighted by molar-refractivity contribution is 5.32. The smallest absolute Gasteiger partial charge is 0.129 e. The van der Waals surface area contributed by atoms with Gasteiger partial charge in [-0.25, -0.2) is 8.78 Å². The fraction of sp³-hybridized carbons (Fsp3) is 0.500. The summed E-state index contributed by atoms with van der Waals surface area (Å²) in [6.45, 7) is 5.92.